The number of thiazole rings is 1. The van der Waals surface area contributed by atoms with Crippen LogP contribution in [0, 0.1) is 0 Å². The summed E-state index contributed by atoms with van der Waals surface area (Å²) in [7, 11) is 0. The van der Waals surface area contributed by atoms with E-state index in [1.807, 2.05) is 11.6 Å². The maximum Gasteiger partial charge on any atom is 0.185 e. The van der Waals surface area contributed by atoms with Crippen LogP contribution in [0.3, 0.4) is 0 Å². The van der Waals surface area contributed by atoms with E-state index in [9.17, 15) is 0 Å². The Kier molecular flexibility index (Phi) is 4.36. The molecule has 0 radical (unpaired) electrons. The Bertz CT molecular complexity index is 882. The zero-order valence-corrected chi connectivity index (χ0v) is 16.2. The summed E-state index contributed by atoms with van der Waals surface area (Å²) in [5, 5.41) is 6.55. The molecule has 0 aliphatic carbocycles. The van der Waals surface area contributed by atoms with Crippen LogP contribution in [0.25, 0.3) is 0 Å². The van der Waals surface area contributed by atoms with E-state index < -0.39 is 0 Å². The lowest BCUT2D eigenvalue weighted by molar-refractivity contribution is 0.590. The van der Waals surface area contributed by atoms with E-state index in [0.29, 0.717) is 0 Å². The van der Waals surface area contributed by atoms with Crippen molar-refractivity contribution in [1.29, 1.82) is 0 Å². The highest BCUT2D eigenvalue weighted by Crippen LogP contribution is 2.30. The van der Waals surface area contributed by atoms with Crippen LogP contribution in [0.5, 0.6) is 0 Å². The second-order valence-corrected chi connectivity index (χ2v) is 8.46. The molecule has 1 N–H and O–H groups in total. The monoisotopic (exact) mass is 365 g/mol. The number of aromatic nitrogens is 3. The highest BCUT2D eigenvalue weighted by molar-refractivity contribution is 7.13. The van der Waals surface area contributed by atoms with E-state index in [2.05, 4.69) is 70.2 Å². The molecule has 2 aromatic heterocycles. The van der Waals surface area contributed by atoms with Gasteiger partial charge in [-0.05, 0) is 29.5 Å². The second kappa shape index (κ2) is 6.68. The van der Waals surface area contributed by atoms with Gasteiger partial charge >= 0.3 is 0 Å². The molecule has 4 rings (SSSR count). The van der Waals surface area contributed by atoms with Gasteiger partial charge in [-0.25, -0.2) is 15.0 Å². The third-order valence-electron chi connectivity index (χ3n) is 4.71. The minimum atomic E-state index is 0.159. The Morgan fingerprint density at radius 1 is 1.08 bits per heavy atom. The summed E-state index contributed by atoms with van der Waals surface area (Å²) in [5.74, 6) is 0.914. The first-order valence-electron chi connectivity index (χ1n) is 8.85. The van der Waals surface area contributed by atoms with E-state index in [0.717, 1.165) is 41.8 Å². The van der Waals surface area contributed by atoms with Crippen molar-refractivity contribution in [3.05, 3.63) is 59.0 Å². The second-order valence-electron chi connectivity index (χ2n) is 7.59. The topological polar surface area (TPSA) is 53.9 Å². The van der Waals surface area contributed by atoms with Gasteiger partial charge in [0.15, 0.2) is 5.13 Å². The number of hydrogen-bond donors (Lipinski definition) is 1. The van der Waals surface area contributed by atoms with Crippen LogP contribution in [0.1, 0.15) is 37.6 Å². The van der Waals surface area contributed by atoms with Crippen molar-refractivity contribution in [3.8, 4) is 0 Å². The van der Waals surface area contributed by atoms with E-state index in [1.165, 1.54) is 11.1 Å². The lowest BCUT2D eigenvalue weighted by atomic mass is 9.87. The van der Waals surface area contributed by atoms with Gasteiger partial charge in [-0.15, -0.1) is 11.3 Å². The molecule has 3 aromatic rings. The fraction of sp³-hybridized carbons (Fsp3) is 0.350. The van der Waals surface area contributed by atoms with Crippen molar-refractivity contribution >= 4 is 28.0 Å². The van der Waals surface area contributed by atoms with Crippen LogP contribution in [0.4, 0.5) is 16.6 Å². The first-order chi connectivity index (χ1) is 12.5. The number of nitrogens with one attached hydrogen (secondary N) is 1. The largest absolute Gasteiger partial charge is 0.342 e. The van der Waals surface area contributed by atoms with Crippen molar-refractivity contribution in [3.63, 3.8) is 0 Å². The fourth-order valence-corrected chi connectivity index (χ4v) is 3.86. The predicted molar refractivity (Wildman–Crippen MR) is 107 cm³/mol. The van der Waals surface area contributed by atoms with E-state index in [1.54, 1.807) is 17.7 Å². The molecule has 0 unspecified atom stereocenters. The van der Waals surface area contributed by atoms with Gasteiger partial charge in [0.25, 0.3) is 0 Å². The van der Waals surface area contributed by atoms with Crippen LogP contribution in [-0.2, 0) is 18.4 Å². The molecule has 1 aliphatic heterocycles. The molecule has 26 heavy (non-hydrogen) atoms. The molecule has 0 saturated carbocycles. The first kappa shape index (κ1) is 17.0. The van der Waals surface area contributed by atoms with Gasteiger partial charge in [0.05, 0.1) is 12.2 Å². The molecule has 0 spiro atoms. The van der Waals surface area contributed by atoms with Crippen LogP contribution in [0.2, 0.25) is 0 Å². The Labute approximate surface area is 158 Å². The maximum atomic E-state index is 4.51. The van der Waals surface area contributed by atoms with Crippen LogP contribution >= 0.6 is 11.3 Å². The molecule has 5 nitrogen and oxygen atoms in total. The molecule has 0 fully saturated rings. The molecule has 1 aromatic carbocycles. The van der Waals surface area contributed by atoms with Gasteiger partial charge in [0.1, 0.15) is 12.1 Å². The lowest BCUT2D eigenvalue weighted by Gasteiger charge is -2.28. The summed E-state index contributed by atoms with van der Waals surface area (Å²) in [4.78, 5) is 15.7. The molecular formula is C20H23N5S. The van der Waals surface area contributed by atoms with Crippen LogP contribution in [-0.4, -0.2) is 21.5 Å². The zero-order chi connectivity index (χ0) is 18.1. The van der Waals surface area contributed by atoms with Gasteiger partial charge in [-0.3, -0.25) is 0 Å². The summed E-state index contributed by atoms with van der Waals surface area (Å²) in [6.07, 6.45) is 4.41. The highest BCUT2D eigenvalue weighted by Gasteiger charge is 2.22. The molecule has 0 saturated heterocycles. The highest BCUT2D eigenvalue weighted by atomic mass is 32.1. The van der Waals surface area contributed by atoms with Gasteiger partial charge < -0.3 is 10.2 Å². The standard InChI is InChI=1S/C20H23N5S/c1-20(2,3)14-4-6-15(7-5-14)24-18-16-8-10-25(19-21-9-11-26-19)12-17(16)22-13-23-18/h4-7,9,11,13H,8,10,12H2,1-3H3,(H,22,23,24). The number of anilines is 3. The first-order valence-corrected chi connectivity index (χ1v) is 9.73. The van der Waals surface area contributed by atoms with Crippen LogP contribution < -0.4 is 10.2 Å². The molecule has 0 bridgehead atoms. The number of fused-ring (bicyclic) bond motifs is 1. The Balaban J connectivity index is 1.55. The third-order valence-corrected chi connectivity index (χ3v) is 5.54. The van der Waals surface area contributed by atoms with Crippen molar-refractivity contribution in [2.75, 3.05) is 16.8 Å². The number of hydrogen-bond acceptors (Lipinski definition) is 6. The van der Waals surface area contributed by atoms with Crippen LogP contribution in [0.15, 0.2) is 42.2 Å². The Hall–Kier alpha value is -2.47. The molecule has 6 heteroatoms. The van der Waals surface area contributed by atoms with Gasteiger partial charge in [-0.2, -0.15) is 0 Å². The minimum absolute atomic E-state index is 0.159. The Morgan fingerprint density at radius 2 is 1.88 bits per heavy atom. The number of rotatable bonds is 3. The molecule has 1 aliphatic rings. The van der Waals surface area contributed by atoms with Crippen molar-refractivity contribution in [1.82, 2.24) is 15.0 Å². The van der Waals surface area contributed by atoms with Gasteiger partial charge in [0, 0.05) is 29.4 Å². The average molecular weight is 366 g/mol. The summed E-state index contributed by atoms with van der Waals surface area (Å²) in [6, 6.07) is 8.61. The van der Waals surface area contributed by atoms with E-state index in [4.69, 9.17) is 0 Å². The zero-order valence-electron chi connectivity index (χ0n) is 15.4. The quantitative estimate of drug-likeness (QED) is 0.739. The molecular weight excluding hydrogens is 342 g/mol. The summed E-state index contributed by atoms with van der Waals surface area (Å²) in [6.45, 7) is 8.40. The normalized spacial score (nSPS) is 14.2. The van der Waals surface area contributed by atoms with Crippen molar-refractivity contribution < 1.29 is 0 Å². The molecule has 0 amide bonds. The number of nitrogens with zero attached hydrogens (tertiary/aromatic N) is 4. The van der Waals surface area contributed by atoms with Gasteiger partial charge in [0.2, 0.25) is 0 Å². The van der Waals surface area contributed by atoms with E-state index in [-0.39, 0.29) is 5.41 Å². The predicted octanol–water partition coefficient (Wildman–Crippen LogP) is 4.54. The Morgan fingerprint density at radius 3 is 2.58 bits per heavy atom. The number of benzene rings is 1. The average Bonchev–Trinajstić information content (AvgIpc) is 3.16. The lowest BCUT2D eigenvalue weighted by Crippen LogP contribution is -2.31. The SMILES string of the molecule is CC(C)(C)c1ccc(Nc2ncnc3c2CCN(c2nccs2)C3)cc1. The summed E-state index contributed by atoms with van der Waals surface area (Å²) < 4.78 is 0. The van der Waals surface area contributed by atoms with Crippen molar-refractivity contribution in [2.24, 2.45) is 0 Å². The minimum Gasteiger partial charge on any atom is -0.342 e. The third kappa shape index (κ3) is 3.42. The smallest absolute Gasteiger partial charge is 0.185 e. The summed E-state index contributed by atoms with van der Waals surface area (Å²) >= 11 is 1.67. The molecule has 0 atom stereocenters. The van der Waals surface area contributed by atoms with Crippen molar-refractivity contribution in [2.45, 2.75) is 39.2 Å². The van der Waals surface area contributed by atoms with Gasteiger partial charge in [-0.1, -0.05) is 32.9 Å². The fourth-order valence-electron chi connectivity index (χ4n) is 3.19. The summed E-state index contributed by atoms with van der Waals surface area (Å²) in [5.41, 5.74) is 4.83. The molecule has 134 valence electrons. The van der Waals surface area contributed by atoms with E-state index >= 15 is 0 Å². The maximum absolute atomic E-state index is 4.51. The molecule has 3 heterocycles.